The average Bonchev–Trinajstić information content (AvgIpc) is 2.92. The summed E-state index contributed by atoms with van der Waals surface area (Å²) in [6, 6.07) is 7.63. The summed E-state index contributed by atoms with van der Waals surface area (Å²) in [5.41, 5.74) is 1.86. The third kappa shape index (κ3) is 1.69. The molecule has 6 heteroatoms. The molecule has 5 nitrogen and oxygen atoms in total. The molecule has 0 fully saturated rings. The number of nitrogens with one attached hydrogen (secondary N) is 1. The van der Waals surface area contributed by atoms with Crippen LogP contribution >= 0.6 is 0 Å². The lowest BCUT2D eigenvalue weighted by Gasteiger charge is -2.29. The van der Waals surface area contributed by atoms with Crippen LogP contribution in [0, 0.1) is 0 Å². The summed E-state index contributed by atoms with van der Waals surface area (Å²) < 4.78 is 26.4. The zero-order valence-electron chi connectivity index (χ0n) is 9.70. The Balaban J connectivity index is 2.10. The Morgan fingerprint density at radius 2 is 2.11 bits per heavy atom. The van der Waals surface area contributed by atoms with E-state index in [-0.39, 0.29) is 4.90 Å². The Bertz CT molecular complexity index is 650. The molecule has 0 bridgehead atoms. The molecular weight excluding hydrogens is 250 g/mol. The number of aromatic amines is 1. The van der Waals surface area contributed by atoms with E-state index in [2.05, 4.69) is 10.2 Å². The quantitative estimate of drug-likeness (QED) is 0.894. The van der Waals surface area contributed by atoms with Gasteiger partial charge in [-0.25, -0.2) is 8.42 Å². The van der Waals surface area contributed by atoms with E-state index in [1.165, 1.54) is 16.7 Å². The molecule has 3 rings (SSSR count). The van der Waals surface area contributed by atoms with E-state index in [0.29, 0.717) is 6.54 Å². The Kier molecular flexibility index (Phi) is 2.59. The molecule has 1 N–H and O–H groups in total. The van der Waals surface area contributed by atoms with Crippen molar-refractivity contribution in [2.45, 2.75) is 17.7 Å². The molecule has 2 heterocycles. The third-order valence-corrected chi connectivity index (χ3v) is 4.91. The second kappa shape index (κ2) is 4.13. The molecule has 1 aliphatic rings. The van der Waals surface area contributed by atoms with Crippen molar-refractivity contribution in [1.29, 1.82) is 0 Å². The number of rotatable bonds is 2. The number of benzene rings is 1. The van der Waals surface area contributed by atoms with Gasteiger partial charge in [0.15, 0.2) is 0 Å². The van der Waals surface area contributed by atoms with Crippen LogP contribution < -0.4 is 4.31 Å². The Labute approximate surface area is 105 Å². The summed E-state index contributed by atoms with van der Waals surface area (Å²) in [5, 5.41) is 6.25. The van der Waals surface area contributed by atoms with Crippen LogP contribution in [0.15, 0.2) is 41.6 Å². The lowest BCUT2D eigenvalue weighted by atomic mass is 10.0. The highest BCUT2D eigenvalue weighted by Gasteiger charge is 2.29. The summed E-state index contributed by atoms with van der Waals surface area (Å²) in [5.74, 6) is 0. The highest BCUT2D eigenvalue weighted by atomic mass is 32.2. The molecule has 0 unspecified atom stereocenters. The van der Waals surface area contributed by atoms with Gasteiger partial charge in [-0.2, -0.15) is 5.10 Å². The first-order valence-electron chi connectivity index (χ1n) is 5.79. The van der Waals surface area contributed by atoms with Crippen LogP contribution in [0.25, 0.3) is 0 Å². The Morgan fingerprint density at radius 3 is 2.89 bits per heavy atom. The van der Waals surface area contributed by atoms with Gasteiger partial charge in [0.1, 0.15) is 4.90 Å². The molecule has 0 amide bonds. The zero-order chi connectivity index (χ0) is 12.6. The van der Waals surface area contributed by atoms with E-state index >= 15 is 0 Å². The molecule has 18 heavy (non-hydrogen) atoms. The first-order valence-corrected chi connectivity index (χ1v) is 7.23. The summed E-state index contributed by atoms with van der Waals surface area (Å²) in [6.07, 6.45) is 4.51. The van der Waals surface area contributed by atoms with E-state index in [1.807, 2.05) is 24.3 Å². The molecule has 1 aromatic carbocycles. The molecule has 0 atom stereocenters. The average molecular weight is 263 g/mol. The van der Waals surface area contributed by atoms with Crippen molar-refractivity contribution in [2.24, 2.45) is 0 Å². The minimum Gasteiger partial charge on any atom is -0.284 e. The number of hydrogen-bond acceptors (Lipinski definition) is 3. The van der Waals surface area contributed by atoms with Crippen molar-refractivity contribution in [1.82, 2.24) is 10.2 Å². The molecule has 0 saturated heterocycles. The first kappa shape index (κ1) is 11.3. The number of aromatic nitrogens is 2. The monoisotopic (exact) mass is 263 g/mol. The van der Waals surface area contributed by atoms with Crippen LogP contribution in [0.2, 0.25) is 0 Å². The highest BCUT2D eigenvalue weighted by Crippen LogP contribution is 2.31. The van der Waals surface area contributed by atoms with Crippen molar-refractivity contribution in [2.75, 3.05) is 10.8 Å². The molecule has 0 saturated carbocycles. The minimum absolute atomic E-state index is 0.208. The van der Waals surface area contributed by atoms with Gasteiger partial charge < -0.3 is 0 Å². The molecular formula is C12H13N3O2S. The van der Waals surface area contributed by atoms with E-state index in [9.17, 15) is 8.42 Å². The van der Waals surface area contributed by atoms with E-state index in [0.717, 1.165) is 24.1 Å². The lowest BCUT2D eigenvalue weighted by molar-refractivity contribution is 0.586. The summed E-state index contributed by atoms with van der Waals surface area (Å²) in [7, 11) is -3.49. The van der Waals surface area contributed by atoms with Crippen LogP contribution in [-0.2, 0) is 16.4 Å². The van der Waals surface area contributed by atoms with Crippen molar-refractivity contribution < 1.29 is 8.42 Å². The summed E-state index contributed by atoms with van der Waals surface area (Å²) in [4.78, 5) is 0.208. The zero-order valence-corrected chi connectivity index (χ0v) is 10.5. The molecule has 94 valence electrons. The molecule has 2 aromatic rings. The van der Waals surface area contributed by atoms with Gasteiger partial charge in [-0.3, -0.25) is 9.40 Å². The number of hydrogen-bond donors (Lipinski definition) is 1. The van der Waals surface area contributed by atoms with Gasteiger partial charge in [-0.1, -0.05) is 18.2 Å². The third-order valence-electron chi connectivity index (χ3n) is 3.13. The van der Waals surface area contributed by atoms with Crippen LogP contribution in [0.1, 0.15) is 12.0 Å². The fourth-order valence-corrected chi connectivity index (χ4v) is 3.70. The number of H-pyrrole nitrogens is 1. The van der Waals surface area contributed by atoms with Gasteiger partial charge in [-0.05, 0) is 24.5 Å². The van der Waals surface area contributed by atoms with Crippen LogP contribution in [0.4, 0.5) is 5.69 Å². The number of anilines is 1. The van der Waals surface area contributed by atoms with Crippen LogP contribution in [0.5, 0.6) is 0 Å². The SMILES string of the molecule is O=S(=O)(c1cn[nH]c1)N1CCCc2ccccc21. The maximum atomic E-state index is 12.5. The highest BCUT2D eigenvalue weighted by molar-refractivity contribution is 7.92. The number of fused-ring (bicyclic) bond motifs is 1. The summed E-state index contributed by atoms with van der Waals surface area (Å²) >= 11 is 0. The Hall–Kier alpha value is -1.82. The predicted octanol–water partition coefficient (Wildman–Crippen LogP) is 1.55. The standard InChI is InChI=1S/C12H13N3O2S/c16-18(17,11-8-13-14-9-11)15-7-3-5-10-4-1-2-6-12(10)15/h1-2,4,6,8-9H,3,5,7H2,(H,13,14). The molecule has 0 aliphatic carbocycles. The minimum atomic E-state index is -3.49. The van der Waals surface area contributed by atoms with Crippen molar-refractivity contribution in [3.63, 3.8) is 0 Å². The van der Waals surface area contributed by atoms with E-state index < -0.39 is 10.0 Å². The van der Waals surface area contributed by atoms with E-state index in [4.69, 9.17) is 0 Å². The number of para-hydroxylation sites is 1. The predicted molar refractivity (Wildman–Crippen MR) is 67.9 cm³/mol. The number of aryl methyl sites for hydroxylation is 1. The van der Waals surface area contributed by atoms with Gasteiger partial charge in [0.2, 0.25) is 0 Å². The maximum absolute atomic E-state index is 12.5. The van der Waals surface area contributed by atoms with Gasteiger partial charge in [0.25, 0.3) is 10.0 Å². The Morgan fingerprint density at radius 1 is 1.28 bits per heavy atom. The van der Waals surface area contributed by atoms with E-state index in [1.54, 1.807) is 0 Å². The second-order valence-electron chi connectivity index (χ2n) is 4.24. The first-order chi connectivity index (χ1) is 8.69. The summed E-state index contributed by atoms with van der Waals surface area (Å²) in [6.45, 7) is 0.518. The topological polar surface area (TPSA) is 66.1 Å². The van der Waals surface area contributed by atoms with Gasteiger partial charge in [0, 0.05) is 12.7 Å². The van der Waals surface area contributed by atoms with Crippen LogP contribution in [-0.4, -0.2) is 25.2 Å². The number of nitrogens with zero attached hydrogens (tertiary/aromatic N) is 2. The van der Waals surface area contributed by atoms with Crippen LogP contribution in [0.3, 0.4) is 0 Å². The van der Waals surface area contributed by atoms with Crippen molar-refractivity contribution in [3.05, 3.63) is 42.2 Å². The van der Waals surface area contributed by atoms with Crippen molar-refractivity contribution >= 4 is 15.7 Å². The lowest BCUT2D eigenvalue weighted by Crippen LogP contribution is -2.35. The number of sulfonamides is 1. The fourth-order valence-electron chi connectivity index (χ4n) is 2.26. The second-order valence-corrected chi connectivity index (χ2v) is 6.11. The molecule has 0 spiro atoms. The smallest absolute Gasteiger partial charge is 0.267 e. The molecule has 1 aliphatic heterocycles. The normalized spacial score (nSPS) is 15.4. The largest absolute Gasteiger partial charge is 0.284 e. The fraction of sp³-hybridized carbons (Fsp3) is 0.250. The van der Waals surface area contributed by atoms with Crippen molar-refractivity contribution in [3.8, 4) is 0 Å². The maximum Gasteiger partial charge on any atom is 0.267 e. The van der Waals surface area contributed by atoms with Gasteiger partial charge >= 0.3 is 0 Å². The molecule has 0 radical (unpaired) electrons. The molecule has 1 aromatic heterocycles. The van der Waals surface area contributed by atoms with Gasteiger partial charge in [0.05, 0.1) is 11.9 Å². The van der Waals surface area contributed by atoms with Gasteiger partial charge in [-0.15, -0.1) is 0 Å².